The first-order valence-electron chi connectivity index (χ1n) is 5.67. The molecular weight excluding hydrogens is 217 g/mol. The van der Waals surface area contributed by atoms with Crippen molar-refractivity contribution in [1.29, 1.82) is 0 Å². The van der Waals surface area contributed by atoms with Crippen LogP contribution in [0.2, 0.25) is 0 Å². The number of halogens is 1. The molecule has 1 aromatic heterocycles. The smallest absolute Gasteiger partial charge is 0.151 e. The molecule has 3 N–H and O–H groups in total. The molecule has 0 saturated heterocycles. The highest BCUT2D eigenvalue weighted by atomic mass is 19.1. The minimum atomic E-state index is -0.447. The molecule has 0 unspecified atom stereocenters. The third-order valence-electron chi connectivity index (χ3n) is 3.67. The number of hydrogen-bond donors (Lipinski definition) is 2. The zero-order valence-corrected chi connectivity index (χ0v) is 10.6. The maximum atomic E-state index is 13.6. The van der Waals surface area contributed by atoms with E-state index in [4.69, 9.17) is 5.73 Å². The number of benzene rings is 1. The van der Waals surface area contributed by atoms with Gasteiger partial charge in [0.15, 0.2) is 5.82 Å². The van der Waals surface area contributed by atoms with Crippen LogP contribution in [0.15, 0.2) is 18.2 Å². The van der Waals surface area contributed by atoms with Crippen molar-refractivity contribution >= 4 is 11.0 Å². The van der Waals surface area contributed by atoms with Gasteiger partial charge >= 0.3 is 0 Å². The lowest BCUT2D eigenvalue weighted by Gasteiger charge is -2.36. The van der Waals surface area contributed by atoms with Gasteiger partial charge in [-0.15, -0.1) is 0 Å². The fourth-order valence-corrected chi connectivity index (χ4v) is 1.60. The number of nitrogens with one attached hydrogen (secondary N) is 1. The Balaban J connectivity index is 2.62. The highest BCUT2D eigenvalue weighted by Crippen LogP contribution is 2.32. The molecule has 0 spiro atoms. The number of nitrogens with two attached hydrogens (primary N) is 1. The molecular formula is C13H18FN3. The molecule has 0 bridgehead atoms. The number of aromatic amines is 1. The van der Waals surface area contributed by atoms with Crippen molar-refractivity contribution in [3.8, 4) is 0 Å². The lowest BCUT2D eigenvalue weighted by Crippen LogP contribution is -2.50. The van der Waals surface area contributed by atoms with Crippen LogP contribution in [0.4, 0.5) is 4.39 Å². The number of fused-ring (bicyclic) bond motifs is 1. The van der Waals surface area contributed by atoms with Gasteiger partial charge in [0.05, 0.1) is 5.52 Å². The van der Waals surface area contributed by atoms with Crippen LogP contribution in [0.3, 0.4) is 0 Å². The van der Waals surface area contributed by atoms with Crippen molar-refractivity contribution in [3.63, 3.8) is 0 Å². The van der Waals surface area contributed by atoms with Gasteiger partial charge in [0.25, 0.3) is 0 Å². The molecule has 17 heavy (non-hydrogen) atoms. The maximum Gasteiger partial charge on any atom is 0.151 e. The standard InChI is InChI=1S/C13H18FN3/c1-12(2,13(3,4)15)11-16-9-7-5-6-8(14)10(9)17-11/h5-7H,15H2,1-4H3,(H,16,17). The first-order valence-corrected chi connectivity index (χ1v) is 5.67. The van der Waals surface area contributed by atoms with E-state index in [-0.39, 0.29) is 11.2 Å². The van der Waals surface area contributed by atoms with E-state index in [1.54, 1.807) is 6.07 Å². The Kier molecular flexibility index (Phi) is 2.51. The number of para-hydroxylation sites is 1. The van der Waals surface area contributed by atoms with E-state index in [0.717, 1.165) is 0 Å². The molecule has 1 aromatic carbocycles. The van der Waals surface area contributed by atoms with Gasteiger partial charge in [-0.3, -0.25) is 0 Å². The second-order valence-electron chi connectivity index (χ2n) is 5.57. The molecule has 0 amide bonds. The van der Waals surface area contributed by atoms with Crippen LogP contribution in [0.25, 0.3) is 11.0 Å². The largest absolute Gasteiger partial charge is 0.341 e. The first-order chi connectivity index (χ1) is 7.73. The van der Waals surface area contributed by atoms with Gasteiger partial charge in [-0.2, -0.15) is 0 Å². The van der Waals surface area contributed by atoms with Crippen LogP contribution in [0.1, 0.15) is 33.5 Å². The minimum absolute atomic E-state index is 0.310. The van der Waals surface area contributed by atoms with Crippen molar-refractivity contribution in [2.24, 2.45) is 5.73 Å². The molecule has 0 saturated carbocycles. The van der Waals surface area contributed by atoms with Gasteiger partial charge < -0.3 is 10.7 Å². The lowest BCUT2D eigenvalue weighted by molar-refractivity contribution is 0.293. The van der Waals surface area contributed by atoms with Gasteiger partial charge in [-0.25, -0.2) is 9.37 Å². The first kappa shape index (κ1) is 12.0. The molecule has 0 aliphatic rings. The van der Waals surface area contributed by atoms with E-state index in [0.29, 0.717) is 16.9 Å². The second-order valence-corrected chi connectivity index (χ2v) is 5.57. The highest BCUT2D eigenvalue weighted by Gasteiger charge is 2.37. The van der Waals surface area contributed by atoms with E-state index in [9.17, 15) is 4.39 Å². The summed E-state index contributed by atoms with van der Waals surface area (Å²) in [6.07, 6.45) is 0. The van der Waals surface area contributed by atoms with E-state index < -0.39 is 5.54 Å². The van der Waals surface area contributed by atoms with Gasteiger partial charge in [-0.1, -0.05) is 19.9 Å². The van der Waals surface area contributed by atoms with Gasteiger partial charge in [0.1, 0.15) is 11.3 Å². The Labute approximate surface area is 100 Å². The van der Waals surface area contributed by atoms with Crippen LogP contribution in [0, 0.1) is 5.82 Å². The van der Waals surface area contributed by atoms with Crippen molar-refractivity contribution < 1.29 is 4.39 Å². The Morgan fingerprint density at radius 1 is 1.24 bits per heavy atom. The summed E-state index contributed by atoms with van der Waals surface area (Å²) in [6, 6.07) is 4.89. The summed E-state index contributed by atoms with van der Waals surface area (Å²) in [7, 11) is 0. The molecule has 1 heterocycles. The van der Waals surface area contributed by atoms with E-state index >= 15 is 0 Å². The molecule has 0 atom stereocenters. The number of H-pyrrole nitrogens is 1. The summed E-state index contributed by atoms with van der Waals surface area (Å²) in [6.45, 7) is 7.89. The number of rotatable bonds is 2. The molecule has 2 aromatic rings. The van der Waals surface area contributed by atoms with E-state index in [2.05, 4.69) is 9.97 Å². The molecule has 0 aliphatic heterocycles. The fourth-order valence-electron chi connectivity index (χ4n) is 1.60. The third kappa shape index (κ3) is 1.82. The summed E-state index contributed by atoms with van der Waals surface area (Å²) in [5.74, 6) is 0.403. The highest BCUT2D eigenvalue weighted by molar-refractivity contribution is 5.75. The van der Waals surface area contributed by atoms with Crippen molar-refractivity contribution in [2.75, 3.05) is 0 Å². The van der Waals surface area contributed by atoms with Crippen molar-refractivity contribution in [3.05, 3.63) is 29.8 Å². The van der Waals surface area contributed by atoms with Crippen LogP contribution < -0.4 is 5.73 Å². The number of aromatic nitrogens is 2. The van der Waals surface area contributed by atoms with E-state index in [1.165, 1.54) is 6.07 Å². The van der Waals surface area contributed by atoms with Gasteiger partial charge in [0, 0.05) is 11.0 Å². The number of imidazole rings is 1. The normalized spacial score (nSPS) is 13.3. The lowest BCUT2D eigenvalue weighted by atomic mass is 9.74. The zero-order chi connectivity index (χ0) is 12.8. The molecule has 2 rings (SSSR count). The summed E-state index contributed by atoms with van der Waals surface area (Å²) in [4.78, 5) is 7.49. The second kappa shape index (κ2) is 3.53. The quantitative estimate of drug-likeness (QED) is 0.840. The minimum Gasteiger partial charge on any atom is -0.341 e. The Hall–Kier alpha value is -1.42. The Bertz CT molecular complexity index is 549. The monoisotopic (exact) mass is 235 g/mol. The molecule has 0 radical (unpaired) electrons. The topological polar surface area (TPSA) is 54.7 Å². The maximum absolute atomic E-state index is 13.6. The summed E-state index contributed by atoms with van der Waals surface area (Å²) in [5.41, 5.74) is 6.42. The van der Waals surface area contributed by atoms with Crippen molar-refractivity contribution in [2.45, 2.75) is 38.6 Å². The number of hydrogen-bond acceptors (Lipinski definition) is 2. The molecule has 92 valence electrons. The van der Waals surface area contributed by atoms with Crippen LogP contribution in [0.5, 0.6) is 0 Å². The Morgan fingerprint density at radius 2 is 1.88 bits per heavy atom. The third-order valence-corrected chi connectivity index (χ3v) is 3.67. The SMILES string of the molecule is CC(C)(N)C(C)(C)c1nc2c(F)cccc2[nH]1. The average Bonchev–Trinajstić information content (AvgIpc) is 2.61. The average molecular weight is 235 g/mol. The predicted octanol–water partition coefficient (Wildman–Crippen LogP) is 2.72. The molecule has 4 heteroatoms. The van der Waals surface area contributed by atoms with Gasteiger partial charge in [0.2, 0.25) is 0 Å². The molecule has 0 fully saturated rings. The van der Waals surface area contributed by atoms with Gasteiger partial charge in [-0.05, 0) is 26.0 Å². The number of nitrogens with zero attached hydrogens (tertiary/aromatic N) is 1. The molecule has 0 aliphatic carbocycles. The van der Waals surface area contributed by atoms with Crippen LogP contribution in [-0.2, 0) is 5.41 Å². The van der Waals surface area contributed by atoms with Crippen LogP contribution >= 0.6 is 0 Å². The fraction of sp³-hybridized carbons (Fsp3) is 0.462. The summed E-state index contributed by atoms with van der Waals surface area (Å²) < 4.78 is 13.6. The zero-order valence-electron chi connectivity index (χ0n) is 10.6. The summed E-state index contributed by atoms with van der Waals surface area (Å²) >= 11 is 0. The summed E-state index contributed by atoms with van der Waals surface area (Å²) in [5, 5.41) is 0. The predicted molar refractivity (Wildman–Crippen MR) is 67.3 cm³/mol. The van der Waals surface area contributed by atoms with Crippen molar-refractivity contribution in [1.82, 2.24) is 9.97 Å². The molecule has 3 nitrogen and oxygen atoms in total. The Morgan fingerprint density at radius 3 is 2.41 bits per heavy atom. The van der Waals surface area contributed by atoms with Crippen LogP contribution in [-0.4, -0.2) is 15.5 Å². The van der Waals surface area contributed by atoms with E-state index in [1.807, 2.05) is 33.8 Å².